The van der Waals surface area contributed by atoms with Crippen LogP contribution in [0, 0.1) is 0 Å². The molecule has 7 nitrogen and oxygen atoms in total. The van der Waals surface area contributed by atoms with Crippen LogP contribution in [0.25, 0.3) is 38.2 Å². The van der Waals surface area contributed by atoms with E-state index in [2.05, 4.69) is 56.9 Å². The van der Waals surface area contributed by atoms with E-state index in [1.807, 2.05) is 54.6 Å². The molecule has 3 aromatic carbocycles. The van der Waals surface area contributed by atoms with E-state index in [1.54, 1.807) is 4.52 Å². The quantitative estimate of drug-likeness (QED) is 0.295. The molecular weight excluding hydrogens is 476 g/mol. The number of fused-ring (bicyclic) bond motifs is 2. The van der Waals surface area contributed by atoms with E-state index in [0.29, 0.717) is 15.9 Å². The lowest BCUT2D eigenvalue weighted by Gasteiger charge is -2.05. The van der Waals surface area contributed by atoms with Gasteiger partial charge in [0.2, 0.25) is 11.1 Å². The minimum atomic E-state index is -0.154. The first-order valence-electron chi connectivity index (χ1n) is 10.9. The largest absolute Gasteiger partial charge is 0.301 e. The Balaban J connectivity index is 1.17. The smallest absolute Gasteiger partial charge is 0.236 e. The Morgan fingerprint density at radius 3 is 2.40 bits per heavy atom. The molecule has 6 rings (SSSR count). The van der Waals surface area contributed by atoms with Gasteiger partial charge in [-0.15, -0.1) is 10.2 Å². The summed E-state index contributed by atoms with van der Waals surface area (Å²) < 4.78 is 2.71. The molecule has 9 heteroatoms. The zero-order chi connectivity index (χ0) is 23.6. The molecule has 1 N–H and O–H groups in total. The minimum absolute atomic E-state index is 0.154. The van der Waals surface area contributed by atoms with E-state index < -0.39 is 0 Å². The highest BCUT2D eigenvalue weighted by Gasteiger charge is 2.13. The number of thioether (sulfide) groups is 1. The Kier molecular flexibility index (Phi) is 5.69. The maximum Gasteiger partial charge on any atom is 0.236 e. The zero-order valence-corrected chi connectivity index (χ0v) is 20.0. The number of hydrogen-bond acceptors (Lipinski definition) is 7. The average molecular weight is 495 g/mol. The monoisotopic (exact) mass is 494 g/mol. The molecule has 0 fully saturated rings. The molecule has 0 aliphatic carbocycles. The van der Waals surface area contributed by atoms with E-state index in [-0.39, 0.29) is 11.7 Å². The number of anilines is 1. The van der Waals surface area contributed by atoms with E-state index in [0.717, 1.165) is 27.0 Å². The SMILES string of the molecule is O=C(CSc1nnc2ccc(-c3ccc(-c4ccccc4)cc3)nn12)Nc1nc2ccccc2s1. The lowest BCUT2D eigenvalue weighted by molar-refractivity contribution is -0.113. The van der Waals surface area contributed by atoms with Crippen molar-refractivity contribution in [3.63, 3.8) is 0 Å². The molecule has 6 aromatic rings. The number of nitrogens with zero attached hydrogens (tertiary/aromatic N) is 5. The number of aromatic nitrogens is 5. The number of rotatable bonds is 6. The van der Waals surface area contributed by atoms with Gasteiger partial charge in [0.1, 0.15) is 0 Å². The fourth-order valence-corrected chi connectivity index (χ4v) is 5.26. The minimum Gasteiger partial charge on any atom is -0.301 e. The third kappa shape index (κ3) is 4.51. The van der Waals surface area contributed by atoms with Crippen molar-refractivity contribution in [2.75, 3.05) is 11.1 Å². The van der Waals surface area contributed by atoms with Crippen LogP contribution in [0.15, 0.2) is 96.2 Å². The maximum atomic E-state index is 12.5. The van der Waals surface area contributed by atoms with Crippen LogP contribution < -0.4 is 5.32 Å². The summed E-state index contributed by atoms with van der Waals surface area (Å²) in [5.74, 6) is 0.0208. The van der Waals surface area contributed by atoms with Crippen molar-refractivity contribution in [3.05, 3.63) is 91.0 Å². The fourth-order valence-electron chi connectivity index (χ4n) is 3.69. The highest BCUT2D eigenvalue weighted by molar-refractivity contribution is 7.99. The van der Waals surface area contributed by atoms with E-state index in [9.17, 15) is 4.79 Å². The maximum absolute atomic E-state index is 12.5. The van der Waals surface area contributed by atoms with Gasteiger partial charge < -0.3 is 5.32 Å². The number of amides is 1. The van der Waals surface area contributed by atoms with Crippen LogP contribution in [0.3, 0.4) is 0 Å². The molecular formula is C26H18N6OS2. The van der Waals surface area contributed by atoms with Gasteiger partial charge in [0.05, 0.1) is 21.7 Å². The third-order valence-electron chi connectivity index (χ3n) is 5.39. The Labute approximate surface area is 208 Å². The molecule has 0 saturated heterocycles. The predicted molar refractivity (Wildman–Crippen MR) is 141 cm³/mol. The molecule has 0 aliphatic rings. The molecule has 170 valence electrons. The Morgan fingerprint density at radius 2 is 1.57 bits per heavy atom. The van der Waals surface area contributed by atoms with Gasteiger partial charge in [0, 0.05) is 5.56 Å². The number of nitrogens with one attached hydrogen (secondary N) is 1. The van der Waals surface area contributed by atoms with Gasteiger partial charge in [-0.1, -0.05) is 89.8 Å². The summed E-state index contributed by atoms with van der Waals surface area (Å²) in [6, 6.07) is 30.1. The first kappa shape index (κ1) is 21.5. The van der Waals surface area contributed by atoms with Crippen LogP contribution in [-0.4, -0.2) is 36.5 Å². The van der Waals surface area contributed by atoms with Gasteiger partial charge in [-0.3, -0.25) is 4.79 Å². The average Bonchev–Trinajstić information content (AvgIpc) is 3.51. The third-order valence-corrected chi connectivity index (χ3v) is 7.27. The second kappa shape index (κ2) is 9.28. The number of thiazole rings is 1. The van der Waals surface area contributed by atoms with Crippen molar-refractivity contribution in [1.29, 1.82) is 0 Å². The second-order valence-corrected chi connectivity index (χ2v) is 9.71. The van der Waals surface area contributed by atoms with Gasteiger partial charge in [-0.2, -0.15) is 9.61 Å². The highest BCUT2D eigenvalue weighted by Crippen LogP contribution is 2.27. The summed E-state index contributed by atoms with van der Waals surface area (Å²) in [6.45, 7) is 0. The molecule has 0 aliphatic heterocycles. The molecule has 0 bridgehead atoms. The summed E-state index contributed by atoms with van der Waals surface area (Å²) in [4.78, 5) is 17.0. The summed E-state index contributed by atoms with van der Waals surface area (Å²) in [5, 5.41) is 17.1. The lowest BCUT2D eigenvalue weighted by atomic mass is 10.0. The van der Waals surface area contributed by atoms with Crippen LogP contribution in [0.5, 0.6) is 0 Å². The summed E-state index contributed by atoms with van der Waals surface area (Å²) in [5.41, 5.74) is 5.61. The van der Waals surface area contributed by atoms with Crippen molar-refractivity contribution in [2.24, 2.45) is 0 Å². The molecule has 0 unspecified atom stereocenters. The highest BCUT2D eigenvalue weighted by atomic mass is 32.2. The zero-order valence-electron chi connectivity index (χ0n) is 18.3. The van der Waals surface area contributed by atoms with Crippen LogP contribution in [0.2, 0.25) is 0 Å². The van der Waals surface area contributed by atoms with Crippen molar-refractivity contribution < 1.29 is 4.79 Å². The molecule has 0 radical (unpaired) electrons. The number of benzene rings is 3. The number of hydrogen-bond donors (Lipinski definition) is 1. The molecule has 0 saturated carbocycles. The van der Waals surface area contributed by atoms with Gasteiger partial charge in [-0.05, 0) is 35.4 Å². The number of carbonyl (C=O) groups is 1. The second-order valence-electron chi connectivity index (χ2n) is 7.74. The van der Waals surface area contributed by atoms with Crippen molar-refractivity contribution in [3.8, 4) is 22.4 Å². The predicted octanol–water partition coefficient (Wildman–Crippen LogP) is 5.80. The molecule has 35 heavy (non-hydrogen) atoms. The van der Waals surface area contributed by atoms with E-state index in [1.165, 1.54) is 28.7 Å². The Hall–Kier alpha value is -4.08. The summed E-state index contributed by atoms with van der Waals surface area (Å²) in [7, 11) is 0. The summed E-state index contributed by atoms with van der Waals surface area (Å²) >= 11 is 2.74. The first-order valence-corrected chi connectivity index (χ1v) is 12.7. The van der Waals surface area contributed by atoms with Gasteiger partial charge in [0.15, 0.2) is 10.8 Å². The number of carbonyl (C=O) groups excluding carboxylic acids is 1. The van der Waals surface area contributed by atoms with Crippen LogP contribution in [0.4, 0.5) is 5.13 Å². The molecule has 1 amide bonds. The van der Waals surface area contributed by atoms with Crippen LogP contribution in [-0.2, 0) is 4.79 Å². The van der Waals surface area contributed by atoms with E-state index in [4.69, 9.17) is 5.10 Å². The molecule has 0 atom stereocenters. The van der Waals surface area contributed by atoms with Gasteiger partial charge in [-0.25, -0.2) is 4.98 Å². The number of para-hydroxylation sites is 1. The van der Waals surface area contributed by atoms with Crippen molar-refractivity contribution >= 4 is 50.0 Å². The van der Waals surface area contributed by atoms with Crippen LogP contribution in [0.1, 0.15) is 0 Å². The molecule has 3 aromatic heterocycles. The fraction of sp³-hybridized carbons (Fsp3) is 0.0385. The summed E-state index contributed by atoms with van der Waals surface area (Å²) in [6.07, 6.45) is 0. The Bertz CT molecular complexity index is 1610. The normalized spacial score (nSPS) is 11.2. The lowest BCUT2D eigenvalue weighted by Crippen LogP contribution is -2.14. The first-order chi connectivity index (χ1) is 17.2. The van der Waals surface area contributed by atoms with Crippen molar-refractivity contribution in [1.82, 2.24) is 24.8 Å². The van der Waals surface area contributed by atoms with Crippen molar-refractivity contribution in [2.45, 2.75) is 5.16 Å². The van der Waals surface area contributed by atoms with Gasteiger partial charge >= 0.3 is 0 Å². The van der Waals surface area contributed by atoms with E-state index >= 15 is 0 Å². The molecule has 0 spiro atoms. The van der Waals surface area contributed by atoms with Crippen LogP contribution >= 0.6 is 23.1 Å². The van der Waals surface area contributed by atoms with Gasteiger partial charge in [0.25, 0.3) is 0 Å². The standard InChI is InChI=1S/C26H18N6OS2/c33-24(28-25-27-21-8-4-5-9-22(21)35-25)16-34-26-30-29-23-15-14-20(31-32(23)26)19-12-10-18(11-13-19)17-6-2-1-3-7-17/h1-15H,16H2,(H,27,28,33). The Morgan fingerprint density at radius 1 is 0.829 bits per heavy atom. The topological polar surface area (TPSA) is 85.1 Å². The molecule has 3 heterocycles.